The molecule has 172 valence electrons. The zero-order chi connectivity index (χ0) is 22.9. The second kappa shape index (κ2) is 9.09. The van der Waals surface area contributed by atoms with Gasteiger partial charge in [-0.25, -0.2) is 0 Å². The Labute approximate surface area is 197 Å². The number of carbonyl (C=O) groups excluding carboxylic acids is 1. The smallest absolute Gasteiger partial charge is 0.191 e. The number of carbonyl (C=O) groups is 1. The summed E-state index contributed by atoms with van der Waals surface area (Å²) in [6, 6.07) is 9.68. The topological polar surface area (TPSA) is 71.2 Å². The van der Waals surface area contributed by atoms with E-state index < -0.39 is 0 Å². The summed E-state index contributed by atoms with van der Waals surface area (Å²) in [6.07, 6.45) is 4.06. The lowest BCUT2D eigenvalue weighted by molar-refractivity contribution is 0.0777. The predicted molar refractivity (Wildman–Crippen MR) is 128 cm³/mol. The van der Waals surface area contributed by atoms with Crippen LogP contribution in [0.25, 0.3) is 0 Å². The first-order chi connectivity index (χ1) is 16.0. The monoisotopic (exact) mass is 464 g/mol. The van der Waals surface area contributed by atoms with Crippen LogP contribution in [0.5, 0.6) is 11.5 Å². The van der Waals surface area contributed by atoms with Crippen molar-refractivity contribution in [1.29, 1.82) is 0 Å². The van der Waals surface area contributed by atoms with Crippen molar-refractivity contribution >= 4 is 17.5 Å². The number of allylic oxidation sites excluding steroid dienone is 1. The molecule has 3 heterocycles. The summed E-state index contributed by atoms with van der Waals surface area (Å²) in [5, 5.41) is 9.49. The van der Waals surface area contributed by atoms with Gasteiger partial charge in [0.1, 0.15) is 12.4 Å². The van der Waals surface area contributed by atoms with Gasteiger partial charge in [0.25, 0.3) is 0 Å². The highest BCUT2D eigenvalue weighted by atomic mass is 32.2. The van der Waals surface area contributed by atoms with Crippen LogP contribution in [0.3, 0.4) is 0 Å². The van der Waals surface area contributed by atoms with Gasteiger partial charge >= 0.3 is 0 Å². The second-order valence-corrected chi connectivity index (χ2v) is 9.56. The quantitative estimate of drug-likeness (QED) is 0.262. The molecule has 2 aliphatic rings. The van der Waals surface area contributed by atoms with E-state index in [1.165, 1.54) is 11.8 Å². The molecule has 5 rings (SSSR count). The van der Waals surface area contributed by atoms with E-state index in [-0.39, 0.29) is 11.9 Å². The number of ether oxygens (including phenoxy) is 2. The molecule has 8 heteroatoms. The number of hydrogen-bond acceptors (Lipinski definition) is 6. The molecular weight excluding hydrogens is 436 g/mol. The van der Waals surface area contributed by atoms with Crippen LogP contribution in [0.2, 0.25) is 0 Å². The van der Waals surface area contributed by atoms with Crippen LogP contribution in [-0.2, 0) is 13.1 Å². The molecule has 1 aliphatic heterocycles. The minimum Gasteiger partial charge on any atom is -0.486 e. The molecule has 0 bridgehead atoms. The van der Waals surface area contributed by atoms with Gasteiger partial charge in [-0.15, -0.1) is 16.8 Å². The largest absolute Gasteiger partial charge is 0.486 e. The Hall–Kier alpha value is -3.00. The molecule has 0 amide bonds. The molecule has 7 nitrogen and oxygen atoms in total. The van der Waals surface area contributed by atoms with Crippen LogP contribution in [0.4, 0.5) is 0 Å². The summed E-state index contributed by atoms with van der Waals surface area (Å²) >= 11 is 1.45. The molecule has 0 spiro atoms. The van der Waals surface area contributed by atoms with Gasteiger partial charge in [0.05, 0.1) is 12.3 Å². The van der Waals surface area contributed by atoms with Crippen LogP contribution in [0.15, 0.2) is 48.1 Å². The summed E-state index contributed by atoms with van der Waals surface area (Å²) in [4.78, 5) is 13.1. The number of thioether (sulfide) groups is 1. The van der Waals surface area contributed by atoms with E-state index in [4.69, 9.17) is 9.47 Å². The van der Waals surface area contributed by atoms with Gasteiger partial charge in [-0.3, -0.25) is 4.79 Å². The maximum absolute atomic E-state index is 13.1. The van der Waals surface area contributed by atoms with E-state index in [9.17, 15) is 4.79 Å². The number of benzene rings is 1. The molecule has 0 N–H and O–H groups in total. The number of hydrogen-bond donors (Lipinski definition) is 0. The van der Waals surface area contributed by atoms with Gasteiger partial charge in [-0.2, -0.15) is 0 Å². The number of aromatic nitrogens is 4. The molecule has 1 fully saturated rings. The fourth-order valence-electron chi connectivity index (χ4n) is 4.28. The van der Waals surface area contributed by atoms with E-state index in [0.29, 0.717) is 31.4 Å². The molecule has 1 saturated carbocycles. The van der Waals surface area contributed by atoms with Crippen LogP contribution in [0, 0.1) is 13.8 Å². The van der Waals surface area contributed by atoms with Crippen LogP contribution in [-0.4, -0.2) is 43.6 Å². The van der Waals surface area contributed by atoms with Crippen molar-refractivity contribution in [3.63, 3.8) is 0 Å². The van der Waals surface area contributed by atoms with Gasteiger partial charge in [-0.1, -0.05) is 30.0 Å². The summed E-state index contributed by atoms with van der Waals surface area (Å²) in [6.45, 7) is 9.64. The number of aryl methyl sites for hydroxylation is 1. The Morgan fingerprint density at radius 1 is 1.21 bits per heavy atom. The molecule has 1 aromatic carbocycles. The first-order valence-corrected chi connectivity index (χ1v) is 12.3. The Bertz CT molecular complexity index is 1190. The predicted octanol–water partition coefficient (Wildman–Crippen LogP) is 4.57. The van der Waals surface area contributed by atoms with Crippen LogP contribution >= 0.6 is 11.8 Å². The van der Waals surface area contributed by atoms with Gasteiger partial charge in [0, 0.05) is 29.4 Å². The van der Waals surface area contributed by atoms with E-state index in [1.807, 2.05) is 50.3 Å². The molecular formula is C25H28N4O3S. The summed E-state index contributed by atoms with van der Waals surface area (Å²) in [5.41, 5.74) is 2.73. The van der Waals surface area contributed by atoms with Crippen molar-refractivity contribution in [2.24, 2.45) is 0 Å². The maximum Gasteiger partial charge on any atom is 0.191 e. The van der Waals surface area contributed by atoms with E-state index in [0.717, 1.165) is 52.3 Å². The minimum atomic E-state index is -0.111. The Morgan fingerprint density at radius 2 is 2.00 bits per heavy atom. The Morgan fingerprint density at radius 3 is 2.76 bits per heavy atom. The zero-order valence-electron chi connectivity index (χ0n) is 19.0. The Balaban J connectivity index is 1.26. The molecule has 2 aromatic heterocycles. The van der Waals surface area contributed by atoms with Crippen molar-refractivity contribution in [2.45, 2.75) is 57.0 Å². The van der Waals surface area contributed by atoms with E-state index in [2.05, 4.69) is 25.9 Å². The van der Waals surface area contributed by atoms with Gasteiger partial charge in [0.2, 0.25) is 0 Å². The van der Waals surface area contributed by atoms with Crippen molar-refractivity contribution in [3.8, 4) is 11.5 Å². The van der Waals surface area contributed by atoms with E-state index >= 15 is 0 Å². The highest BCUT2D eigenvalue weighted by Crippen LogP contribution is 2.40. The van der Waals surface area contributed by atoms with Crippen molar-refractivity contribution in [1.82, 2.24) is 19.3 Å². The summed E-state index contributed by atoms with van der Waals surface area (Å²) in [5.74, 6) is 3.46. The highest BCUT2D eigenvalue weighted by molar-refractivity contribution is 7.99. The molecule has 3 aromatic rings. The van der Waals surface area contributed by atoms with Gasteiger partial charge in [-0.05, 0) is 44.9 Å². The molecule has 1 aliphatic carbocycles. The van der Waals surface area contributed by atoms with Crippen molar-refractivity contribution < 1.29 is 14.3 Å². The number of fused-ring (bicyclic) bond motifs is 1. The van der Waals surface area contributed by atoms with Gasteiger partial charge < -0.3 is 18.6 Å². The number of para-hydroxylation sites is 2. The van der Waals surface area contributed by atoms with Crippen molar-refractivity contribution in [2.75, 3.05) is 12.4 Å². The number of nitrogens with zero attached hydrogens (tertiary/aromatic N) is 4. The zero-order valence-corrected chi connectivity index (χ0v) is 19.8. The SMILES string of the molecule is C=CCn1c(SCC(=O)c2cc(C)n(CC3COc4ccccc4O3)c2C)nnc1C1CC1. The Kier molecular flexibility index (Phi) is 6.01. The third-order valence-electron chi connectivity index (χ3n) is 6.16. The van der Waals surface area contributed by atoms with Crippen LogP contribution < -0.4 is 9.47 Å². The lowest BCUT2D eigenvalue weighted by Gasteiger charge is -2.27. The van der Waals surface area contributed by atoms with Crippen LogP contribution in [0.1, 0.15) is 46.3 Å². The highest BCUT2D eigenvalue weighted by Gasteiger charge is 2.30. The number of Topliss-reactive ketones (excluding diaryl/α,β-unsaturated/α-hetero) is 1. The molecule has 1 unspecified atom stereocenters. The fraction of sp³-hybridized carbons (Fsp3) is 0.400. The third-order valence-corrected chi connectivity index (χ3v) is 7.13. The normalized spacial score (nSPS) is 17.2. The molecule has 1 atom stereocenters. The average molecular weight is 465 g/mol. The molecule has 0 radical (unpaired) electrons. The summed E-state index contributed by atoms with van der Waals surface area (Å²) in [7, 11) is 0. The average Bonchev–Trinajstić information content (AvgIpc) is 3.53. The standard InChI is InChI=1S/C25H28N4O3S/c1-4-11-28-24(18-9-10-18)26-27-25(28)33-15-21(30)20-12-16(2)29(17(20)3)13-19-14-31-22-7-5-6-8-23(22)32-19/h4-8,12,18-19H,1,9-11,13-15H2,2-3H3. The minimum absolute atomic E-state index is 0.0895. The number of rotatable bonds is 9. The lowest BCUT2D eigenvalue weighted by atomic mass is 10.2. The second-order valence-electron chi connectivity index (χ2n) is 8.62. The first kappa shape index (κ1) is 21.8. The summed E-state index contributed by atoms with van der Waals surface area (Å²) < 4.78 is 16.2. The molecule has 0 saturated heterocycles. The fourth-order valence-corrected chi connectivity index (χ4v) is 5.12. The first-order valence-electron chi connectivity index (χ1n) is 11.3. The third kappa shape index (κ3) is 4.44. The van der Waals surface area contributed by atoms with Gasteiger partial charge in [0.15, 0.2) is 28.5 Å². The number of ketones is 1. The van der Waals surface area contributed by atoms with Crippen molar-refractivity contribution in [3.05, 3.63) is 65.8 Å². The van der Waals surface area contributed by atoms with E-state index in [1.54, 1.807) is 0 Å². The lowest BCUT2D eigenvalue weighted by Crippen LogP contribution is -2.33. The molecule has 33 heavy (non-hydrogen) atoms. The maximum atomic E-state index is 13.1.